The molecule has 0 amide bonds. The molecule has 0 aromatic carbocycles. The molecule has 1 aromatic rings. The lowest BCUT2D eigenvalue weighted by Crippen LogP contribution is -2.16. The number of carbonyl (C=O) groups excluding carboxylic acids is 1. The predicted molar refractivity (Wildman–Crippen MR) is 83.0 cm³/mol. The van der Waals surface area contributed by atoms with Crippen LogP contribution in [-0.4, -0.2) is 27.6 Å². The van der Waals surface area contributed by atoms with Crippen molar-refractivity contribution in [1.29, 1.82) is 0 Å². The highest BCUT2D eigenvalue weighted by atomic mass is 16.5. The van der Waals surface area contributed by atoms with Crippen molar-refractivity contribution in [2.75, 3.05) is 6.61 Å². The molecule has 0 radical (unpaired) electrons. The van der Waals surface area contributed by atoms with Crippen LogP contribution >= 0.6 is 0 Å². The Labute approximate surface area is 128 Å². The molecule has 0 spiro atoms. The van der Waals surface area contributed by atoms with Crippen LogP contribution in [0.5, 0.6) is 0 Å². The summed E-state index contributed by atoms with van der Waals surface area (Å²) >= 11 is 0. The van der Waals surface area contributed by atoms with Crippen molar-refractivity contribution >= 4 is 5.97 Å². The second-order valence-electron chi connectivity index (χ2n) is 5.41. The maximum absolute atomic E-state index is 11.5. The average molecular weight is 295 g/mol. The van der Waals surface area contributed by atoms with Crippen LogP contribution in [0.3, 0.4) is 0 Å². The SMILES string of the molecule is CCCCCCCCCCc1cnnn1CC(=O)OCC. The van der Waals surface area contributed by atoms with Gasteiger partial charge in [0.1, 0.15) is 6.54 Å². The van der Waals surface area contributed by atoms with Crippen molar-refractivity contribution in [1.82, 2.24) is 15.0 Å². The Morgan fingerprint density at radius 3 is 2.43 bits per heavy atom. The summed E-state index contributed by atoms with van der Waals surface area (Å²) in [6.45, 7) is 4.62. The lowest BCUT2D eigenvalue weighted by molar-refractivity contribution is -0.144. The van der Waals surface area contributed by atoms with Crippen LogP contribution in [0.4, 0.5) is 0 Å². The van der Waals surface area contributed by atoms with Crippen LogP contribution in [0.25, 0.3) is 0 Å². The van der Waals surface area contributed by atoms with Gasteiger partial charge in [-0.2, -0.15) is 0 Å². The van der Waals surface area contributed by atoms with Gasteiger partial charge in [-0.05, 0) is 19.8 Å². The monoisotopic (exact) mass is 295 g/mol. The van der Waals surface area contributed by atoms with Crippen molar-refractivity contribution in [3.8, 4) is 0 Å². The standard InChI is InChI=1S/C16H29N3O2/c1-3-5-6-7-8-9-10-11-12-15-13-17-18-19(15)14-16(20)21-4-2/h13H,3-12,14H2,1-2H3. The fraction of sp³-hybridized carbons (Fsp3) is 0.812. The molecule has 0 atom stereocenters. The van der Waals surface area contributed by atoms with Gasteiger partial charge in [0.05, 0.1) is 18.5 Å². The summed E-state index contributed by atoms with van der Waals surface area (Å²) in [4.78, 5) is 11.5. The van der Waals surface area contributed by atoms with Crippen LogP contribution < -0.4 is 0 Å². The van der Waals surface area contributed by atoms with E-state index in [0.717, 1.165) is 18.5 Å². The summed E-state index contributed by atoms with van der Waals surface area (Å²) in [5, 5.41) is 7.84. The number of nitrogens with zero attached hydrogens (tertiary/aromatic N) is 3. The van der Waals surface area contributed by atoms with Gasteiger partial charge in [0.2, 0.25) is 0 Å². The van der Waals surface area contributed by atoms with E-state index in [0.29, 0.717) is 6.61 Å². The Morgan fingerprint density at radius 2 is 1.76 bits per heavy atom. The molecule has 0 saturated carbocycles. The summed E-state index contributed by atoms with van der Waals surface area (Å²) in [6.07, 6.45) is 13.1. The molecule has 21 heavy (non-hydrogen) atoms. The molecule has 1 heterocycles. The van der Waals surface area contributed by atoms with E-state index < -0.39 is 0 Å². The van der Waals surface area contributed by atoms with Gasteiger partial charge in [0, 0.05) is 0 Å². The topological polar surface area (TPSA) is 57.0 Å². The van der Waals surface area contributed by atoms with Crippen molar-refractivity contribution in [3.63, 3.8) is 0 Å². The number of rotatable bonds is 12. The third-order valence-electron chi connectivity index (χ3n) is 3.57. The van der Waals surface area contributed by atoms with Crippen LogP contribution in [0.1, 0.15) is 70.9 Å². The highest BCUT2D eigenvalue weighted by Crippen LogP contribution is 2.10. The Hall–Kier alpha value is -1.39. The summed E-state index contributed by atoms with van der Waals surface area (Å²) in [5.41, 5.74) is 1.02. The number of aryl methyl sites for hydroxylation is 1. The Bertz CT molecular complexity index is 391. The largest absolute Gasteiger partial charge is 0.465 e. The fourth-order valence-electron chi connectivity index (χ4n) is 2.37. The number of esters is 1. The van der Waals surface area contributed by atoms with Gasteiger partial charge in [-0.1, -0.05) is 57.1 Å². The molecule has 120 valence electrons. The summed E-state index contributed by atoms with van der Waals surface area (Å²) in [6, 6.07) is 0. The van der Waals surface area contributed by atoms with Gasteiger partial charge >= 0.3 is 5.97 Å². The van der Waals surface area contributed by atoms with Crippen LogP contribution in [0.2, 0.25) is 0 Å². The third kappa shape index (κ3) is 7.83. The first-order valence-corrected chi connectivity index (χ1v) is 8.30. The molecule has 0 N–H and O–H groups in total. The number of ether oxygens (including phenoxy) is 1. The third-order valence-corrected chi connectivity index (χ3v) is 3.57. The van der Waals surface area contributed by atoms with Crippen molar-refractivity contribution < 1.29 is 9.53 Å². The number of unbranched alkanes of at least 4 members (excludes halogenated alkanes) is 7. The summed E-state index contributed by atoms with van der Waals surface area (Å²) < 4.78 is 6.58. The number of aromatic nitrogens is 3. The first-order chi connectivity index (χ1) is 10.3. The molecule has 0 saturated heterocycles. The minimum Gasteiger partial charge on any atom is -0.465 e. The van der Waals surface area contributed by atoms with E-state index >= 15 is 0 Å². The van der Waals surface area contributed by atoms with Crippen molar-refractivity contribution in [2.24, 2.45) is 0 Å². The van der Waals surface area contributed by atoms with E-state index in [2.05, 4.69) is 17.2 Å². The number of carbonyl (C=O) groups is 1. The van der Waals surface area contributed by atoms with Gasteiger partial charge in [0.15, 0.2) is 0 Å². The molecule has 0 aliphatic carbocycles. The Morgan fingerprint density at radius 1 is 1.10 bits per heavy atom. The fourth-order valence-corrected chi connectivity index (χ4v) is 2.37. The molecular weight excluding hydrogens is 266 g/mol. The maximum atomic E-state index is 11.5. The smallest absolute Gasteiger partial charge is 0.327 e. The first-order valence-electron chi connectivity index (χ1n) is 8.30. The van der Waals surface area contributed by atoms with E-state index in [-0.39, 0.29) is 12.5 Å². The van der Waals surface area contributed by atoms with Crippen LogP contribution in [-0.2, 0) is 22.5 Å². The lowest BCUT2D eigenvalue weighted by atomic mass is 10.1. The van der Waals surface area contributed by atoms with E-state index in [1.165, 1.54) is 44.9 Å². The zero-order chi connectivity index (χ0) is 15.3. The molecule has 0 bridgehead atoms. The second-order valence-corrected chi connectivity index (χ2v) is 5.41. The summed E-state index contributed by atoms with van der Waals surface area (Å²) in [5.74, 6) is -0.250. The van der Waals surface area contributed by atoms with Crippen molar-refractivity contribution in [2.45, 2.75) is 78.2 Å². The molecule has 5 heteroatoms. The molecule has 1 rings (SSSR count). The van der Waals surface area contributed by atoms with Crippen molar-refractivity contribution in [3.05, 3.63) is 11.9 Å². The zero-order valence-electron chi connectivity index (χ0n) is 13.5. The second kappa shape index (κ2) is 11.3. The van der Waals surface area contributed by atoms with E-state index in [9.17, 15) is 4.79 Å². The molecule has 0 aliphatic heterocycles. The maximum Gasteiger partial charge on any atom is 0.327 e. The molecule has 0 aliphatic rings. The summed E-state index contributed by atoms with van der Waals surface area (Å²) in [7, 11) is 0. The average Bonchev–Trinajstić information content (AvgIpc) is 2.89. The molecule has 5 nitrogen and oxygen atoms in total. The van der Waals surface area contributed by atoms with E-state index in [4.69, 9.17) is 4.74 Å². The van der Waals surface area contributed by atoms with Gasteiger partial charge < -0.3 is 4.74 Å². The Kier molecular flexibility index (Phi) is 9.49. The molecule has 0 unspecified atom stereocenters. The first kappa shape index (κ1) is 17.7. The normalized spacial score (nSPS) is 10.8. The Balaban J connectivity index is 2.15. The quantitative estimate of drug-likeness (QED) is 0.437. The minimum atomic E-state index is -0.250. The highest BCUT2D eigenvalue weighted by molar-refractivity contribution is 5.69. The number of hydrogen-bond acceptors (Lipinski definition) is 4. The lowest BCUT2D eigenvalue weighted by Gasteiger charge is -2.06. The van der Waals surface area contributed by atoms with Gasteiger partial charge in [-0.25, -0.2) is 4.68 Å². The highest BCUT2D eigenvalue weighted by Gasteiger charge is 2.09. The molecular formula is C16H29N3O2. The molecule has 0 fully saturated rings. The van der Waals surface area contributed by atoms with Gasteiger partial charge in [-0.15, -0.1) is 5.10 Å². The van der Waals surface area contributed by atoms with Gasteiger partial charge in [-0.3, -0.25) is 4.79 Å². The minimum absolute atomic E-state index is 0.167. The number of hydrogen-bond donors (Lipinski definition) is 0. The van der Waals surface area contributed by atoms with E-state index in [1.54, 1.807) is 17.8 Å². The van der Waals surface area contributed by atoms with Gasteiger partial charge in [0.25, 0.3) is 0 Å². The van der Waals surface area contributed by atoms with E-state index in [1.807, 2.05) is 0 Å². The van der Waals surface area contributed by atoms with Crippen LogP contribution in [0.15, 0.2) is 6.20 Å². The predicted octanol–water partition coefficient (Wildman–Crippen LogP) is 3.52. The van der Waals surface area contributed by atoms with Crippen LogP contribution in [0, 0.1) is 0 Å². The zero-order valence-corrected chi connectivity index (χ0v) is 13.5. The molecule has 1 aromatic heterocycles.